The predicted octanol–water partition coefficient (Wildman–Crippen LogP) is 1.62. The van der Waals surface area contributed by atoms with Gasteiger partial charge in [-0.2, -0.15) is 0 Å². The highest BCUT2D eigenvalue weighted by atomic mass is 16.5. The third kappa shape index (κ3) is 2.03. The lowest BCUT2D eigenvalue weighted by atomic mass is 10.1. The summed E-state index contributed by atoms with van der Waals surface area (Å²) >= 11 is 0. The molecule has 1 fully saturated rings. The van der Waals surface area contributed by atoms with Crippen LogP contribution in [0.1, 0.15) is 5.56 Å². The molecular weight excluding hydrogens is 218 g/mol. The summed E-state index contributed by atoms with van der Waals surface area (Å²) in [5.41, 5.74) is 1.31. The maximum Gasteiger partial charge on any atom is 0.336 e. The lowest BCUT2D eigenvalue weighted by Crippen LogP contribution is -2.04. The van der Waals surface area contributed by atoms with Gasteiger partial charge in [0.1, 0.15) is 11.3 Å². The quantitative estimate of drug-likeness (QED) is 0.594. The number of hydrogen-bond acceptors (Lipinski definition) is 4. The van der Waals surface area contributed by atoms with Crippen LogP contribution in [0.4, 0.5) is 0 Å². The third-order valence-corrected chi connectivity index (χ3v) is 2.97. The molecule has 1 aliphatic heterocycles. The van der Waals surface area contributed by atoms with Crippen LogP contribution in [0.25, 0.3) is 11.0 Å². The Balaban J connectivity index is 2.16. The molecule has 0 aliphatic carbocycles. The van der Waals surface area contributed by atoms with Crippen LogP contribution < -0.4 is 10.4 Å². The summed E-state index contributed by atoms with van der Waals surface area (Å²) in [5, 5.41) is 0.984. The van der Waals surface area contributed by atoms with Crippen molar-refractivity contribution in [1.82, 2.24) is 4.90 Å². The molecule has 0 amide bonds. The Labute approximate surface area is 98.4 Å². The Bertz CT molecular complexity index is 614. The average molecular weight is 231 g/mol. The topological polar surface area (TPSA) is 42.5 Å². The predicted molar refractivity (Wildman–Crippen MR) is 64.3 cm³/mol. The van der Waals surface area contributed by atoms with Crippen molar-refractivity contribution in [3.8, 4) is 5.75 Å². The molecule has 0 atom stereocenters. The molecule has 1 aliphatic rings. The largest absolute Gasteiger partial charge is 0.497 e. The van der Waals surface area contributed by atoms with Gasteiger partial charge in [0.25, 0.3) is 0 Å². The van der Waals surface area contributed by atoms with Crippen LogP contribution in [0.2, 0.25) is 0 Å². The van der Waals surface area contributed by atoms with Gasteiger partial charge in [-0.3, -0.25) is 4.90 Å². The van der Waals surface area contributed by atoms with E-state index in [1.54, 1.807) is 19.2 Å². The van der Waals surface area contributed by atoms with Crippen molar-refractivity contribution in [3.05, 3.63) is 40.2 Å². The van der Waals surface area contributed by atoms with E-state index in [2.05, 4.69) is 4.90 Å². The van der Waals surface area contributed by atoms with E-state index in [0.717, 1.165) is 30.6 Å². The molecule has 0 spiro atoms. The van der Waals surface area contributed by atoms with Crippen LogP contribution in [0.3, 0.4) is 0 Å². The van der Waals surface area contributed by atoms with Gasteiger partial charge in [-0.25, -0.2) is 4.79 Å². The second-order valence-electron chi connectivity index (χ2n) is 4.23. The minimum atomic E-state index is -0.303. The number of ether oxygens (including phenoxy) is 1. The van der Waals surface area contributed by atoms with E-state index in [9.17, 15) is 4.79 Å². The molecule has 0 unspecified atom stereocenters. The fourth-order valence-corrected chi connectivity index (χ4v) is 1.94. The molecule has 4 heteroatoms. The molecule has 88 valence electrons. The molecule has 0 saturated carbocycles. The highest BCUT2D eigenvalue weighted by molar-refractivity contribution is 5.81. The second-order valence-corrected chi connectivity index (χ2v) is 4.23. The smallest absolute Gasteiger partial charge is 0.336 e. The van der Waals surface area contributed by atoms with Gasteiger partial charge in [0.05, 0.1) is 7.11 Å². The molecule has 0 radical (unpaired) electrons. The zero-order chi connectivity index (χ0) is 11.8. The highest BCUT2D eigenvalue weighted by Gasteiger charge is 2.19. The summed E-state index contributed by atoms with van der Waals surface area (Å²) < 4.78 is 10.3. The van der Waals surface area contributed by atoms with Gasteiger partial charge in [0.2, 0.25) is 0 Å². The van der Waals surface area contributed by atoms with Crippen molar-refractivity contribution < 1.29 is 9.15 Å². The number of methoxy groups -OCH3 is 1. The molecule has 3 rings (SSSR count). The number of nitrogens with zero attached hydrogens (tertiary/aromatic N) is 1. The van der Waals surface area contributed by atoms with Crippen molar-refractivity contribution in [2.75, 3.05) is 20.2 Å². The van der Waals surface area contributed by atoms with E-state index in [-0.39, 0.29) is 5.63 Å². The Morgan fingerprint density at radius 2 is 2.18 bits per heavy atom. The van der Waals surface area contributed by atoms with Crippen LogP contribution >= 0.6 is 0 Å². The first kappa shape index (κ1) is 10.4. The first-order valence-corrected chi connectivity index (χ1v) is 5.59. The first-order chi connectivity index (χ1) is 8.26. The van der Waals surface area contributed by atoms with Gasteiger partial charge in [0.15, 0.2) is 0 Å². The molecule has 1 aromatic heterocycles. The van der Waals surface area contributed by atoms with Gasteiger partial charge in [-0.05, 0) is 17.7 Å². The Morgan fingerprint density at radius 3 is 2.88 bits per heavy atom. The molecule has 17 heavy (non-hydrogen) atoms. The van der Waals surface area contributed by atoms with E-state index in [4.69, 9.17) is 9.15 Å². The van der Waals surface area contributed by atoms with Gasteiger partial charge in [0, 0.05) is 37.2 Å². The molecule has 2 heterocycles. The summed E-state index contributed by atoms with van der Waals surface area (Å²) in [4.78, 5) is 13.7. The molecule has 0 bridgehead atoms. The van der Waals surface area contributed by atoms with E-state index in [0.29, 0.717) is 11.3 Å². The molecule has 1 aromatic carbocycles. The van der Waals surface area contributed by atoms with Crippen molar-refractivity contribution in [2.24, 2.45) is 0 Å². The van der Waals surface area contributed by atoms with Crippen LogP contribution in [-0.2, 0) is 6.54 Å². The fourth-order valence-electron chi connectivity index (χ4n) is 1.94. The van der Waals surface area contributed by atoms with Crippen LogP contribution in [0, 0.1) is 0 Å². The molecule has 4 nitrogen and oxygen atoms in total. The van der Waals surface area contributed by atoms with Crippen LogP contribution in [0.5, 0.6) is 5.75 Å². The first-order valence-electron chi connectivity index (χ1n) is 5.59. The normalized spacial score (nSPS) is 15.1. The lowest BCUT2D eigenvalue weighted by Gasteiger charge is -2.06. The van der Waals surface area contributed by atoms with Crippen molar-refractivity contribution in [2.45, 2.75) is 6.54 Å². The lowest BCUT2D eigenvalue weighted by molar-refractivity contribution is 0.414. The summed E-state index contributed by atoms with van der Waals surface area (Å²) in [6, 6.07) is 7.15. The van der Waals surface area contributed by atoms with Crippen molar-refractivity contribution in [3.63, 3.8) is 0 Å². The maximum absolute atomic E-state index is 11.5. The van der Waals surface area contributed by atoms with Gasteiger partial charge in [-0.15, -0.1) is 0 Å². The number of rotatable bonds is 3. The molecular formula is C13H13NO3. The van der Waals surface area contributed by atoms with E-state index < -0.39 is 0 Å². The second kappa shape index (κ2) is 3.89. The average Bonchev–Trinajstić information content (AvgIpc) is 3.12. The van der Waals surface area contributed by atoms with Crippen molar-refractivity contribution >= 4 is 11.0 Å². The number of benzene rings is 1. The highest BCUT2D eigenvalue weighted by Crippen LogP contribution is 2.24. The van der Waals surface area contributed by atoms with Gasteiger partial charge in [-0.1, -0.05) is 0 Å². The molecule has 0 N–H and O–H groups in total. The summed E-state index contributed by atoms with van der Waals surface area (Å²) in [5.74, 6) is 0.699. The summed E-state index contributed by atoms with van der Waals surface area (Å²) in [7, 11) is 1.60. The zero-order valence-electron chi connectivity index (χ0n) is 9.60. The number of fused-ring (bicyclic) bond motifs is 1. The minimum Gasteiger partial charge on any atom is -0.497 e. The summed E-state index contributed by atoms with van der Waals surface area (Å²) in [6.45, 7) is 3.03. The van der Waals surface area contributed by atoms with E-state index >= 15 is 0 Å². The van der Waals surface area contributed by atoms with E-state index in [1.807, 2.05) is 12.1 Å². The van der Waals surface area contributed by atoms with E-state index in [1.165, 1.54) is 0 Å². The Kier molecular flexibility index (Phi) is 2.37. The van der Waals surface area contributed by atoms with Gasteiger partial charge >= 0.3 is 5.63 Å². The Hall–Kier alpha value is -1.81. The standard InChI is InChI=1S/C13H13NO3/c1-16-10-2-3-11-9(8-14-4-5-14)6-13(15)17-12(11)7-10/h2-3,6-7H,4-5,8H2,1H3. The monoisotopic (exact) mass is 231 g/mol. The Morgan fingerprint density at radius 1 is 1.35 bits per heavy atom. The zero-order valence-corrected chi connectivity index (χ0v) is 9.60. The van der Waals surface area contributed by atoms with Crippen LogP contribution in [-0.4, -0.2) is 25.1 Å². The number of hydrogen-bond donors (Lipinski definition) is 0. The van der Waals surface area contributed by atoms with Gasteiger partial charge < -0.3 is 9.15 Å². The third-order valence-electron chi connectivity index (χ3n) is 2.97. The SMILES string of the molecule is COc1ccc2c(CN3CC3)cc(=O)oc2c1. The molecule has 1 saturated heterocycles. The summed E-state index contributed by atoms with van der Waals surface area (Å²) in [6.07, 6.45) is 0. The molecule has 2 aromatic rings. The minimum absolute atomic E-state index is 0.303. The van der Waals surface area contributed by atoms with Crippen molar-refractivity contribution in [1.29, 1.82) is 0 Å². The fraction of sp³-hybridized carbons (Fsp3) is 0.308. The van der Waals surface area contributed by atoms with Crippen LogP contribution in [0.15, 0.2) is 33.5 Å². The maximum atomic E-state index is 11.5.